The van der Waals surface area contributed by atoms with Crippen LogP contribution < -0.4 is 10.5 Å². The van der Waals surface area contributed by atoms with E-state index in [0.29, 0.717) is 12.3 Å². The lowest BCUT2D eigenvalue weighted by molar-refractivity contribution is 0.0536. The molecular weight excluding hydrogens is 262 g/mol. The van der Waals surface area contributed by atoms with Crippen molar-refractivity contribution in [3.8, 4) is 5.75 Å². The summed E-state index contributed by atoms with van der Waals surface area (Å²) in [7, 11) is 0. The number of aliphatic hydroxyl groups is 2. The monoisotopic (exact) mass is 275 g/mol. The third-order valence-corrected chi connectivity index (χ3v) is 2.66. The van der Waals surface area contributed by atoms with Crippen molar-refractivity contribution in [1.29, 1.82) is 0 Å². The summed E-state index contributed by atoms with van der Waals surface area (Å²) >= 11 is 3.36. The summed E-state index contributed by atoms with van der Waals surface area (Å²) in [6, 6.07) is 5.41. The second-order valence-electron chi connectivity index (χ2n) is 3.10. The first-order valence-electron chi connectivity index (χ1n) is 4.57. The Labute approximate surface area is 96.8 Å². The zero-order valence-corrected chi connectivity index (χ0v) is 9.77. The van der Waals surface area contributed by atoms with Crippen LogP contribution in [0.25, 0.3) is 0 Å². The molecule has 5 heteroatoms. The van der Waals surface area contributed by atoms with Gasteiger partial charge in [0.1, 0.15) is 18.5 Å². The zero-order chi connectivity index (χ0) is 11.3. The van der Waals surface area contributed by atoms with Crippen LogP contribution in [0.3, 0.4) is 0 Å². The maximum absolute atomic E-state index is 9.09. The Hall–Kier alpha value is -0.620. The van der Waals surface area contributed by atoms with Gasteiger partial charge in [-0.05, 0) is 23.8 Å². The van der Waals surface area contributed by atoms with Crippen molar-refractivity contribution in [3.05, 3.63) is 28.2 Å². The van der Waals surface area contributed by atoms with E-state index in [2.05, 4.69) is 15.9 Å². The molecule has 0 aliphatic carbocycles. The van der Waals surface area contributed by atoms with Crippen LogP contribution in [0, 0.1) is 0 Å². The van der Waals surface area contributed by atoms with Crippen molar-refractivity contribution in [2.75, 3.05) is 13.2 Å². The Bertz CT molecular complexity index is 320. The van der Waals surface area contributed by atoms with Gasteiger partial charge >= 0.3 is 0 Å². The first-order valence-corrected chi connectivity index (χ1v) is 5.37. The topological polar surface area (TPSA) is 75.7 Å². The third-order valence-electron chi connectivity index (χ3n) is 1.89. The molecule has 0 aromatic heterocycles. The van der Waals surface area contributed by atoms with Crippen molar-refractivity contribution in [1.82, 2.24) is 0 Å². The average molecular weight is 276 g/mol. The van der Waals surface area contributed by atoms with Gasteiger partial charge in [-0.2, -0.15) is 0 Å². The van der Waals surface area contributed by atoms with E-state index >= 15 is 0 Å². The van der Waals surface area contributed by atoms with E-state index in [4.69, 9.17) is 20.7 Å². The number of benzene rings is 1. The van der Waals surface area contributed by atoms with Crippen LogP contribution in [0.4, 0.5) is 0 Å². The molecule has 0 saturated heterocycles. The SMILES string of the molecule is NCc1cc(OCC(O)CO)ccc1Br. The fourth-order valence-corrected chi connectivity index (χ4v) is 1.45. The number of halogens is 1. The first kappa shape index (κ1) is 12.4. The van der Waals surface area contributed by atoms with Gasteiger partial charge in [-0.15, -0.1) is 0 Å². The summed E-state index contributed by atoms with van der Waals surface area (Å²) in [5.41, 5.74) is 6.46. The molecule has 1 aromatic rings. The van der Waals surface area contributed by atoms with Gasteiger partial charge in [0, 0.05) is 11.0 Å². The van der Waals surface area contributed by atoms with Gasteiger partial charge in [-0.1, -0.05) is 15.9 Å². The molecule has 0 heterocycles. The van der Waals surface area contributed by atoms with Crippen LogP contribution in [0.15, 0.2) is 22.7 Å². The molecule has 15 heavy (non-hydrogen) atoms. The van der Waals surface area contributed by atoms with Crippen LogP contribution in [-0.2, 0) is 6.54 Å². The highest BCUT2D eigenvalue weighted by Gasteiger charge is 2.04. The summed E-state index contributed by atoms with van der Waals surface area (Å²) in [6.07, 6.45) is -0.852. The highest BCUT2D eigenvalue weighted by molar-refractivity contribution is 9.10. The molecule has 0 amide bonds. The van der Waals surface area contributed by atoms with E-state index in [1.807, 2.05) is 6.07 Å². The van der Waals surface area contributed by atoms with Crippen molar-refractivity contribution in [3.63, 3.8) is 0 Å². The second-order valence-corrected chi connectivity index (χ2v) is 3.96. The molecule has 0 aliphatic rings. The smallest absolute Gasteiger partial charge is 0.119 e. The highest BCUT2D eigenvalue weighted by Crippen LogP contribution is 2.22. The van der Waals surface area contributed by atoms with Crippen molar-refractivity contribution in [2.24, 2.45) is 5.73 Å². The van der Waals surface area contributed by atoms with E-state index in [-0.39, 0.29) is 13.2 Å². The van der Waals surface area contributed by atoms with Gasteiger partial charge in [-0.25, -0.2) is 0 Å². The van der Waals surface area contributed by atoms with Crippen LogP contribution in [0.2, 0.25) is 0 Å². The molecule has 0 bridgehead atoms. The van der Waals surface area contributed by atoms with Crippen LogP contribution in [0.5, 0.6) is 5.75 Å². The molecule has 0 aliphatic heterocycles. The van der Waals surface area contributed by atoms with Crippen molar-refractivity contribution in [2.45, 2.75) is 12.6 Å². The zero-order valence-electron chi connectivity index (χ0n) is 8.19. The molecule has 0 fully saturated rings. The van der Waals surface area contributed by atoms with Gasteiger partial charge in [-0.3, -0.25) is 0 Å². The molecule has 0 saturated carbocycles. The molecule has 84 valence electrons. The molecule has 1 atom stereocenters. The Morgan fingerprint density at radius 2 is 2.20 bits per heavy atom. The summed E-state index contributed by atoms with van der Waals surface area (Å²) in [5.74, 6) is 0.631. The third kappa shape index (κ3) is 3.79. The molecule has 0 radical (unpaired) electrons. The second kappa shape index (κ2) is 6.07. The van der Waals surface area contributed by atoms with Crippen molar-refractivity contribution < 1.29 is 14.9 Å². The lowest BCUT2D eigenvalue weighted by Crippen LogP contribution is -2.21. The average Bonchev–Trinajstić information content (AvgIpc) is 2.27. The predicted molar refractivity (Wildman–Crippen MR) is 60.6 cm³/mol. The molecule has 1 unspecified atom stereocenters. The molecule has 1 rings (SSSR count). The summed E-state index contributed by atoms with van der Waals surface area (Å²) < 4.78 is 6.20. The number of hydrogen-bond acceptors (Lipinski definition) is 4. The Balaban J connectivity index is 2.62. The van der Waals surface area contributed by atoms with Crippen LogP contribution >= 0.6 is 15.9 Å². The van der Waals surface area contributed by atoms with Gasteiger partial charge < -0.3 is 20.7 Å². The predicted octanol–water partition coefficient (Wildman–Crippen LogP) is 0.640. The van der Waals surface area contributed by atoms with E-state index in [1.54, 1.807) is 12.1 Å². The lowest BCUT2D eigenvalue weighted by Gasteiger charge is -2.11. The fourth-order valence-electron chi connectivity index (χ4n) is 1.04. The number of nitrogens with two attached hydrogens (primary N) is 1. The van der Waals surface area contributed by atoms with E-state index < -0.39 is 6.10 Å². The van der Waals surface area contributed by atoms with Gasteiger partial charge in [0.25, 0.3) is 0 Å². The maximum Gasteiger partial charge on any atom is 0.119 e. The lowest BCUT2D eigenvalue weighted by atomic mass is 10.2. The number of ether oxygens (including phenoxy) is 1. The number of aliphatic hydroxyl groups excluding tert-OH is 2. The molecule has 4 nitrogen and oxygen atoms in total. The molecule has 1 aromatic carbocycles. The molecule has 4 N–H and O–H groups in total. The largest absolute Gasteiger partial charge is 0.491 e. The van der Waals surface area contributed by atoms with E-state index in [0.717, 1.165) is 10.0 Å². The maximum atomic E-state index is 9.09. The van der Waals surface area contributed by atoms with E-state index in [9.17, 15) is 0 Å². The molecular formula is C10H14BrNO3. The van der Waals surface area contributed by atoms with E-state index in [1.165, 1.54) is 0 Å². The first-order chi connectivity index (χ1) is 7.17. The van der Waals surface area contributed by atoms with Crippen LogP contribution in [-0.4, -0.2) is 29.5 Å². The molecule has 0 spiro atoms. The summed E-state index contributed by atoms with van der Waals surface area (Å²) in [4.78, 5) is 0. The van der Waals surface area contributed by atoms with Crippen LogP contribution in [0.1, 0.15) is 5.56 Å². The summed E-state index contributed by atoms with van der Waals surface area (Å²) in [5, 5.41) is 17.7. The minimum Gasteiger partial charge on any atom is -0.491 e. The minimum absolute atomic E-state index is 0.0716. The summed E-state index contributed by atoms with van der Waals surface area (Å²) in [6.45, 7) is 0.183. The Morgan fingerprint density at radius 3 is 2.80 bits per heavy atom. The fraction of sp³-hybridized carbons (Fsp3) is 0.400. The number of hydrogen-bond donors (Lipinski definition) is 3. The van der Waals surface area contributed by atoms with Gasteiger partial charge in [0.05, 0.1) is 6.61 Å². The standard InChI is InChI=1S/C10H14BrNO3/c11-10-2-1-9(3-7(10)4-12)15-6-8(14)5-13/h1-3,8,13-14H,4-6,12H2. The highest BCUT2D eigenvalue weighted by atomic mass is 79.9. The minimum atomic E-state index is -0.852. The number of rotatable bonds is 5. The Morgan fingerprint density at radius 1 is 1.47 bits per heavy atom. The quantitative estimate of drug-likeness (QED) is 0.737. The van der Waals surface area contributed by atoms with Gasteiger partial charge in [0.2, 0.25) is 0 Å². The normalized spacial score (nSPS) is 12.5. The van der Waals surface area contributed by atoms with Crippen molar-refractivity contribution >= 4 is 15.9 Å². The Kier molecular flexibility index (Phi) is 5.04. The van der Waals surface area contributed by atoms with Gasteiger partial charge in [0.15, 0.2) is 0 Å².